The lowest BCUT2D eigenvalue weighted by Crippen LogP contribution is -2.27. The second-order valence-electron chi connectivity index (χ2n) is 6.44. The maximum absolute atomic E-state index is 12.9. The van der Waals surface area contributed by atoms with E-state index >= 15 is 0 Å². The van der Waals surface area contributed by atoms with Gasteiger partial charge in [0.15, 0.2) is 4.32 Å². The Kier molecular flexibility index (Phi) is 5.08. The number of furan rings is 1. The zero-order valence-electron chi connectivity index (χ0n) is 15.3. The zero-order chi connectivity index (χ0) is 20.5. The molecule has 3 aromatic rings. The fourth-order valence-corrected chi connectivity index (χ4v) is 4.26. The number of hydrogen-bond donors (Lipinski definition) is 1. The summed E-state index contributed by atoms with van der Waals surface area (Å²) in [5, 5.41) is 9.14. The number of hydrogen-bond acceptors (Lipinski definition) is 5. The Hall–Kier alpha value is -3.16. The summed E-state index contributed by atoms with van der Waals surface area (Å²) >= 11 is 6.62. The highest BCUT2D eigenvalue weighted by molar-refractivity contribution is 8.27. The predicted octanol–water partition coefficient (Wildman–Crippen LogP) is 5.36. The van der Waals surface area contributed by atoms with Crippen LogP contribution in [0.1, 0.15) is 21.7 Å². The van der Waals surface area contributed by atoms with Gasteiger partial charge >= 0.3 is 5.97 Å². The van der Waals surface area contributed by atoms with Crippen LogP contribution in [0.15, 0.2) is 70.0 Å². The normalized spacial score (nSPS) is 15.3. The van der Waals surface area contributed by atoms with Crippen molar-refractivity contribution in [1.82, 2.24) is 0 Å². The highest BCUT2D eigenvalue weighted by Gasteiger charge is 2.33. The number of carbonyl (C=O) groups excluding carboxylic acids is 1. The summed E-state index contributed by atoms with van der Waals surface area (Å²) in [6.45, 7) is 1.96. The third-order valence-corrected chi connectivity index (χ3v) is 5.65. The summed E-state index contributed by atoms with van der Waals surface area (Å²) in [6, 6.07) is 17.6. The first-order chi connectivity index (χ1) is 13.9. The number of rotatable bonds is 4. The Morgan fingerprint density at radius 3 is 2.69 bits per heavy atom. The van der Waals surface area contributed by atoms with E-state index in [9.17, 15) is 9.59 Å². The van der Waals surface area contributed by atoms with Gasteiger partial charge in [0, 0.05) is 11.6 Å². The van der Waals surface area contributed by atoms with Crippen molar-refractivity contribution in [1.29, 1.82) is 0 Å². The molecule has 1 aliphatic heterocycles. The van der Waals surface area contributed by atoms with Crippen molar-refractivity contribution in [2.24, 2.45) is 0 Å². The lowest BCUT2D eigenvalue weighted by atomic mass is 10.1. The van der Waals surface area contributed by atoms with E-state index in [0.717, 1.165) is 11.3 Å². The summed E-state index contributed by atoms with van der Waals surface area (Å²) < 4.78 is 6.28. The maximum atomic E-state index is 12.9. The molecule has 144 valence electrons. The number of carboxylic acid groups (broad SMARTS) is 1. The Labute approximate surface area is 176 Å². The van der Waals surface area contributed by atoms with Crippen LogP contribution in [0.3, 0.4) is 0 Å². The number of anilines is 1. The molecule has 0 radical (unpaired) electrons. The van der Waals surface area contributed by atoms with E-state index in [-0.39, 0.29) is 11.5 Å². The fraction of sp³-hybridized carbons (Fsp3) is 0.0455. The van der Waals surface area contributed by atoms with Crippen molar-refractivity contribution < 1.29 is 19.1 Å². The van der Waals surface area contributed by atoms with Crippen LogP contribution in [0, 0.1) is 6.92 Å². The first kappa shape index (κ1) is 19.2. The zero-order valence-corrected chi connectivity index (χ0v) is 16.9. The van der Waals surface area contributed by atoms with Crippen molar-refractivity contribution in [2.45, 2.75) is 6.92 Å². The molecule has 4 rings (SSSR count). The van der Waals surface area contributed by atoms with Crippen LogP contribution < -0.4 is 4.90 Å². The number of carboxylic acids is 1. The molecule has 1 N–H and O–H groups in total. The number of aromatic carboxylic acids is 1. The first-order valence-corrected chi connectivity index (χ1v) is 9.93. The van der Waals surface area contributed by atoms with Gasteiger partial charge in [-0.05, 0) is 48.9 Å². The van der Waals surface area contributed by atoms with Crippen LogP contribution in [0.5, 0.6) is 0 Å². The Morgan fingerprint density at radius 1 is 1.14 bits per heavy atom. The fourth-order valence-electron chi connectivity index (χ4n) is 2.98. The molecule has 1 amide bonds. The largest absolute Gasteiger partial charge is 0.478 e. The van der Waals surface area contributed by atoms with Crippen LogP contribution in [0.2, 0.25) is 0 Å². The molecule has 1 fully saturated rings. The lowest BCUT2D eigenvalue weighted by molar-refractivity contribution is -0.113. The quantitative estimate of drug-likeness (QED) is 0.452. The van der Waals surface area contributed by atoms with Crippen molar-refractivity contribution in [3.05, 3.63) is 82.5 Å². The summed E-state index contributed by atoms with van der Waals surface area (Å²) in [5.74, 6) is -0.186. The molecular weight excluding hydrogens is 406 g/mol. The van der Waals surface area contributed by atoms with Crippen molar-refractivity contribution >= 4 is 51.9 Å². The lowest BCUT2D eigenvalue weighted by Gasteiger charge is -2.14. The van der Waals surface area contributed by atoms with Crippen molar-refractivity contribution in [3.8, 4) is 11.3 Å². The minimum Gasteiger partial charge on any atom is -0.478 e. The monoisotopic (exact) mass is 421 g/mol. The van der Waals surface area contributed by atoms with E-state index in [1.54, 1.807) is 36.4 Å². The number of thioether (sulfide) groups is 1. The van der Waals surface area contributed by atoms with Gasteiger partial charge in [0.1, 0.15) is 11.5 Å². The minimum absolute atomic E-state index is 0.180. The molecular formula is C22H15NO4S2. The van der Waals surface area contributed by atoms with Gasteiger partial charge in [0.2, 0.25) is 0 Å². The number of amides is 1. The van der Waals surface area contributed by atoms with Gasteiger partial charge in [-0.25, -0.2) is 4.79 Å². The van der Waals surface area contributed by atoms with Crippen LogP contribution in [0.25, 0.3) is 17.4 Å². The Morgan fingerprint density at radius 2 is 1.93 bits per heavy atom. The summed E-state index contributed by atoms with van der Waals surface area (Å²) in [4.78, 5) is 26.0. The molecule has 1 aliphatic rings. The molecule has 5 nitrogen and oxygen atoms in total. The summed E-state index contributed by atoms with van der Waals surface area (Å²) in [7, 11) is 0. The Balaban J connectivity index is 1.61. The number of aryl methyl sites for hydroxylation is 1. The van der Waals surface area contributed by atoms with Crippen LogP contribution in [-0.2, 0) is 4.79 Å². The molecule has 2 heterocycles. The van der Waals surface area contributed by atoms with E-state index in [2.05, 4.69) is 0 Å². The van der Waals surface area contributed by atoms with Crippen LogP contribution >= 0.6 is 24.0 Å². The molecule has 7 heteroatoms. The van der Waals surface area contributed by atoms with Gasteiger partial charge in [-0.15, -0.1) is 0 Å². The molecule has 29 heavy (non-hydrogen) atoms. The van der Waals surface area contributed by atoms with Gasteiger partial charge < -0.3 is 9.52 Å². The van der Waals surface area contributed by atoms with Crippen LogP contribution in [-0.4, -0.2) is 21.3 Å². The van der Waals surface area contributed by atoms with Crippen molar-refractivity contribution in [2.75, 3.05) is 4.90 Å². The van der Waals surface area contributed by atoms with Gasteiger partial charge in [-0.2, -0.15) is 0 Å². The van der Waals surface area contributed by atoms with Crippen molar-refractivity contribution in [3.63, 3.8) is 0 Å². The number of carbonyl (C=O) groups is 2. The highest BCUT2D eigenvalue weighted by atomic mass is 32.2. The minimum atomic E-state index is -1.00. The average Bonchev–Trinajstić information content (AvgIpc) is 3.26. The van der Waals surface area contributed by atoms with E-state index < -0.39 is 5.97 Å². The number of benzene rings is 2. The third kappa shape index (κ3) is 3.87. The third-order valence-electron chi connectivity index (χ3n) is 4.35. The van der Waals surface area contributed by atoms with E-state index in [0.29, 0.717) is 26.3 Å². The van der Waals surface area contributed by atoms with Gasteiger partial charge in [0.25, 0.3) is 5.91 Å². The van der Waals surface area contributed by atoms with Crippen LogP contribution in [0.4, 0.5) is 5.69 Å². The second kappa shape index (κ2) is 7.69. The molecule has 0 saturated carbocycles. The van der Waals surface area contributed by atoms with Gasteiger partial charge in [-0.1, -0.05) is 48.2 Å². The summed E-state index contributed by atoms with van der Waals surface area (Å²) in [6.07, 6.45) is 1.65. The standard InChI is InChI=1S/C22H15NO4S2/c1-13-4-2-7-16(10-13)23-20(24)19(29-22(23)28)12-17-8-9-18(27-17)14-5-3-6-15(11-14)21(25)26/h2-12H,1H3,(H,25,26)/b19-12-. The average molecular weight is 421 g/mol. The van der Waals surface area contributed by atoms with E-state index in [1.165, 1.54) is 22.7 Å². The number of thiocarbonyl (C=S) groups is 1. The molecule has 0 unspecified atom stereocenters. The summed E-state index contributed by atoms with van der Waals surface area (Å²) in [5.41, 5.74) is 2.61. The van der Waals surface area contributed by atoms with Gasteiger partial charge in [0.05, 0.1) is 16.2 Å². The SMILES string of the molecule is Cc1cccc(N2C(=O)/C(=C/c3ccc(-c4cccc(C(=O)O)c4)o3)SC2=S)c1. The first-order valence-electron chi connectivity index (χ1n) is 8.70. The van der Waals surface area contributed by atoms with Gasteiger partial charge in [-0.3, -0.25) is 9.69 Å². The maximum Gasteiger partial charge on any atom is 0.335 e. The molecule has 2 aromatic carbocycles. The molecule has 0 aliphatic carbocycles. The Bertz CT molecular complexity index is 1180. The second-order valence-corrected chi connectivity index (χ2v) is 8.12. The van der Waals surface area contributed by atoms with E-state index in [4.69, 9.17) is 21.7 Å². The molecule has 0 bridgehead atoms. The molecule has 1 aromatic heterocycles. The molecule has 1 saturated heterocycles. The highest BCUT2D eigenvalue weighted by Crippen LogP contribution is 2.36. The molecule has 0 atom stereocenters. The predicted molar refractivity (Wildman–Crippen MR) is 118 cm³/mol. The smallest absolute Gasteiger partial charge is 0.335 e. The van der Waals surface area contributed by atoms with E-state index in [1.807, 2.05) is 31.2 Å². The topological polar surface area (TPSA) is 70.8 Å². The number of nitrogens with zero attached hydrogens (tertiary/aromatic N) is 1. The molecule has 0 spiro atoms.